The topological polar surface area (TPSA) is 69.8 Å². The maximum atomic E-state index is 11.0. The van der Waals surface area contributed by atoms with Crippen LogP contribution in [0.3, 0.4) is 0 Å². The first kappa shape index (κ1) is 13.9. The van der Waals surface area contributed by atoms with E-state index in [4.69, 9.17) is 9.52 Å². The molecule has 2 heterocycles. The second kappa shape index (κ2) is 4.73. The zero-order valence-electron chi connectivity index (χ0n) is 12.5. The number of carboxylic acids is 1. The van der Waals surface area contributed by atoms with E-state index in [0.717, 1.165) is 19.6 Å². The van der Waals surface area contributed by atoms with Crippen molar-refractivity contribution >= 4 is 23.1 Å². The minimum Gasteiger partial charge on any atom is -0.478 e. The Morgan fingerprint density at radius 1 is 1.38 bits per heavy atom. The van der Waals surface area contributed by atoms with E-state index in [9.17, 15) is 4.79 Å². The molecular weight excluding hydrogens is 270 g/mol. The average Bonchev–Trinajstić information content (AvgIpc) is 2.84. The van der Waals surface area contributed by atoms with E-state index in [1.807, 2.05) is 0 Å². The third-order valence-corrected chi connectivity index (χ3v) is 4.21. The van der Waals surface area contributed by atoms with Crippen molar-refractivity contribution in [3.8, 4) is 0 Å². The molecule has 1 aliphatic heterocycles. The highest BCUT2D eigenvalue weighted by atomic mass is 16.4. The van der Waals surface area contributed by atoms with Crippen molar-refractivity contribution in [2.45, 2.75) is 19.4 Å². The second-order valence-electron chi connectivity index (χ2n) is 6.14. The number of rotatable bonds is 2. The number of anilines is 1. The van der Waals surface area contributed by atoms with Crippen LogP contribution in [0.1, 0.15) is 24.2 Å². The van der Waals surface area contributed by atoms with Crippen LogP contribution in [0.5, 0.6) is 0 Å². The summed E-state index contributed by atoms with van der Waals surface area (Å²) in [5.74, 6) is -0.962. The fraction of sp³-hybridized carbons (Fsp3) is 0.467. The molecule has 0 spiro atoms. The van der Waals surface area contributed by atoms with Crippen LogP contribution in [-0.2, 0) is 0 Å². The van der Waals surface area contributed by atoms with Crippen molar-refractivity contribution in [1.82, 2.24) is 9.88 Å². The molecule has 1 saturated heterocycles. The van der Waals surface area contributed by atoms with Crippen LogP contribution in [0.15, 0.2) is 22.6 Å². The summed E-state index contributed by atoms with van der Waals surface area (Å²) in [6.45, 7) is 6.97. The second-order valence-corrected chi connectivity index (χ2v) is 6.14. The Morgan fingerprint density at radius 3 is 2.81 bits per heavy atom. The molecule has 2 aromatic rings. The summed E-state index contributed by atoms with van der Waals surface area (Å²) < 4.78 is 5.76. The summed E-state index contributed by atoms with van der Waals surface area (Å²) in [5.41, 5.74) is 1.46. The van der Waals surface area contributed by atoms with Crippen LogP contribution >= 0.6 is 0 Å². The predicted octanol–water partition coefficient (Wildman–Crippen LogP) is 2.06. The number of fused-ring (bicyclic) bond motifs is 1. The molecule has 3 rings (SSSR count). The van der Waals surface area contributed by atoms with Gasteiger partial charge in [0.15, 0.2) is 5.58 Å². The van der Waals surface area contributed by atoms with Gasteiger partial charge in [-0.25, -0.2) is 4.79 Å². The average molecular weight is 289 g/mol. The van der Waals surface area contributed by atoms with Gasteiger partial charge < -0.3 is 14.4 Å². The molecular formula is C15H19N3O3. The smallest absolute Gasteiger partial charge is 0.335 e. The van der Waals surface area contributed by atoms with E-state index in [2.05, 4.69) is 35.7 Å². The van der Waals surface area contributed by atoms with Crippen LogP contribution in [0.25, 0.3) is 11.1 Å². The molecule has 1 aromatic carbocycles. The van der Waals surface area contributed by atoms with Crippen LogP contribution in [0.4, 0.5) is 6.01 Å². The normalized spacial score (nSPS) is 19.1. The molecule has 0 radical (unpaired) electrons. The molecule has 0 amide bonds. The monoisotopic (exact) mass is 289 g/mol. The minimum absolute atomic E-state index is 0.0468. The molecule has 0 saturated carbocycles. The lowest BCUT2D eigenvalue weighted by atomic mass is 10.0. The van der Waals surface area contributed by atoms with Gasteiger partial charge in [0.25, 0.3) is 6.01 Å². The number of benzene rings is 1. The Kier molecular flexibility index (Phi) is 3.13. The summed E-state index contributed by atoms with van der Waals surface area (Å²) in [7, 11) is 2.11. The largest absolute Gasteiger partial charge is 0.478 e. The summed E-state index contributed by atoms with van der Waals surface area (Å²) in [6.07, 6.45) is 0. The molecule has 0 atom stereocenters. The highest BCUT2D eigenvalue weighted by Gasteiger charge is 2.33. The Labute approximate surface area is 123 Å². The molecule has 6 nitrogen and oxygen atoms in total. The third kappa shape index (κ3) is 2.47. The van der Waals surface area contributed by atoms with Crippen LogP contribution in [0.2, 0.25) is 0 Å². The number of oxazole rings is 1. The fourth-order valence-electron chi connectivity index (χ4n) is 2.58. The molecule has 0 aliphatic carbocycles. The van der Waals surface area contributed by atoms with Gasteiger partial charge in [-0.1, -0.05) is 0 Å². The van der Waals surface area contributed by atoms with Crippen molar-refractivity contribution in [2.24, 2.45) is 0 Å². The van der Waals surface area contributed by atoms with Crippen molar-refractivity contribution in [3.63, 3.8) is 0 Å². The van der Waals surface area contributed by atoms with Gasteiger partial charge in [-0.3, -0.25) is 4.90 Å². The van der Waals surface area contributed by atoms with Crippen LogP contribution in [0, 0.1) is 0 Å². The minimum atomic E-state index is -0.962. The molecule has 1 fully saturated rings. The molecule has 0 bridgehead atoms. The van der Waals surface area contributed by atoms with E-state index in [-0.39, 0.29) is 11.1 Å². The van der Waals surface area contributed by atoms with E-state index in [0.29, 0.717) is 17.1 Å². The fourth-order valence-corrected chi connectivity index (χ4v) is 2.58. The maximum absolute atomic E-state index is 11.0. The molecule has 21 heavy (non-hydrogen) atoms. The van der Waals surface area contributed by atoms with Crippen molar-refractivity contribution < 1.29 is 14.3 Å². The van der Waals surface area contributed by atoms with Crippen molar-refractivity contribution in [3.05, 3.63) is 23.8 Å². The standard InChI is InChI=1S/C15H19N3O3/c1-15(2)9-18(7-6-17(15)3)14-16-11-5-4-10(13(19)20)8-12(11)21-14/h4-5,8H,6-7,9H2,1-3H3,(H,19,20). The summed E-state index contributed by atoms with van der Waals surface area (Å²) in [4.78, 5) is 19.9. The van der Waals surface area contributed by atoms with E-state index in [1.54, 1.807) is 12.1 Å². The zero-order valence-corrected chi connectivity index (χ0v) is 12.5. The number of carboxylic acid groups (broad SMARTS) is 1. The molecule has 112 valence electrons. The number of hydrogen-bond donors (Lipinski definition) is 1. The summed E-state index contributed by atoms with van der Waals surface area (Å²) >= 11 is 0. The van der Waals surface area contributed by atoms with E-state index in [1.165, 1.54) is 6.07 Å². The molecule has 1 aliphatic rings. The van der Waals surface area contributed by atoms with Gasteiger partial charge in [-0.05, 0) is 39.1 Å². The number of carbonyl (C=O) groups is 1. The summed E-state index contributed by atoms with van der Waals surface area (Å²) in [5, 5.41) is 9.02. The Morgan fingerprint density at radius 2 is 2.14 bits per heavy atom. The highest BCUT2D eigenvalue weighted by Crippen LogP contribution is 2.27. The Bertz CT molecular complexity index is 693. The first-order valence-corrected chi connectivity index (χ1v) is 6.97. The lowest BCUT2D eigenvalue weighted by molar-refractivity contribution is 0.0697. The van der Waals surface area contributed by atoms with Gasteiger partial charge in [0, 0.05) is 25.2 Å². The zero-order chi connectivity index (χ0) is 15.2. The molecule has 1 aromatic heterocycles. The van der Waals surface area contributed by atoms with E-state index >= 15 is 0 Å². The quantitative estimate of drug-likeness (QED) is 0.912. The van der Waals surface area contributed by atoms with Crippen molar-refractivity contribution in [1.29, 1.82) is 0 Å². The number of nitrogens with zero attached hydrogens (tertiary/aromatic N) is 3. The SMILES string of the molecule is CN1CCN(c2nc3ccc(C(=O)O)cc3o2)CC1(C)C. The maximum Gasteiger partial charge on any atom is 0.335 e. The predicted molar refractivity (Wildman–Crippen MR) is 79.9 cm³/mol. The third-order valence-electron chi connectivity index (χ3n) is 4.21. The number of hydrogen-bond acceptors (Lipinski definition) is 5. The molecule has 1 N–H and O–H groups in total. The lowest BCUT2D eigenvalue weighted by Crippen LogP contribution is -2.57. The van der Waals surface area contributed by atoms with Crippen LogP contribution in [-0.4, -0.2) is 53.2 Å². The number of piperazine rings is 1. The van der Waals surface area contributed by atoms with Gasteiger partial charge in [0.2, 0.25) is 0 Å². The first-order chi connectivity index (χ1) is 9.87. The molecule has 0 unspecified atom stereocenters. The van der Waals surface area contributed by atoms with Crippen LogP contribution < -0.4 is 4.90 Å². The Hall–Kier alpha value is -2.08. The first-order valence-electron chi connectivity index (χ1n) is 6.97. The van der Waals surface area contributed by atoms with Crippen molar-refractivity contribution in [2.75, 3.05) is 31.6 Å². The number of aromatic nitrogens is 1. The van der Waals surface area contributed by atoms with Gasteiger partial charge in [-0.2, -0.15) is 4.98 Å². The van der Waals surface area contributed by atoms with E-state index < -0.39 is 5.97 Å². The van der Waals surface area contributed by atoms with Gasteiger partial charge in [0.05, 0.1) is 5.56 Å². The molecule has 6 heteroatoms. The number of aromatic carboxylic acids is 1. The van der Waals surface area contributed by atoms with Gasteiger partial charge in [-0.15, -0.1) is 0 Å². The highest BCUT2D eigenvalue weighted by molar-refractivity contribution is 5.92. The summed E-state index contributed by atoms with van der Waals surface area (Å²) in [6, 6.07) is 5.32. The van der Waals surface area contributed by atoms with Gasteiger partial charge in [0.1, 0.15) is 5.52 Å². The Balaban J connectivity index is 1.92. The number of likely N-dealkylation sites (N-methyl/N-ethyl adjacent to an activating group) is 1. The lowest BCUT2D eigenvalue weighted by Gasteiger charge is -2.44. The van der Waals surface area contributed by atoms with Gasteiger partial charge >= 0.3 is 5.97 Å².